The van der Waals surface area contributed by atoms with Crippen LogP contribution < -0.4 is 10.1 Å². The Morgan fingerprint density at radius 3 is 2.65 bits per heavy atom. The van der Waals surface area contributed by atoms with E-state index in [0.29, 0.717) is 6.04 Å². The van der Waals surface area contributed by atoms with Crippen LogP contribution in [0.25, 0.3) is 0 Å². The molecular weight excluding hydrogens is 252 g/mol. The molecule has 1 aliphatic rings. The predicted octanol–water partition coefficient (Wildman–Crippen LogP) is 2.10. The summed E-state index contributed by atoms with van der Waals surface area (Å²) in [6, 6.07) is 6.79. The van der Waals surface area contributed by atoms with Crippen molar-refractivity contribution in [1.82, 2.24) is 10.2 Å². The van der Waals surface area contributed by atoms with Gasteiger partial charge in [-0.05, 0) is 37.0 Å². The molecule has 1 amide bonds. The average molecular weight is 276 g/mol. The summed E-state index contributed by atoms with van der Waals surface area (Å²) in [6.45, 7) is 6.32. The van der Waals surface area contributed by atoms with Crippen LogP contribution >= 0.6 is 0 Å². The molecule has 0 bridgehead atoms. The Morgan fingerprint density at radius 2 is 2.10 bits per heavy atom. The molecule has 1 saturated heterocycles. The topological polar surface area (TPSA) is 41.6 Å². The van der Waals surface area contributed by atoms with E-state index in [1.54, 1.807) is 14.0 Å². The van der Waals surface area contributed by atoms with Crippen LogP contribution in [0.3, 0.4) is 0 Å². The highest BCUT2D eigenvalue weighted by molar-refractivity contribution is 5.73. The van der Waals surface area contributed by atoms with E-state index in [1.165, 1.54) is 5.56 Å². The summed E-state index contributed by atoms with van der Waals surface area (Å²) in [6.07, 6.45) is 2.07. The third kappa shape index (κ3) is 3.73. The minimum absolute atomic E-state index is 0.189. The van der Waals surface area contributed by atoms with Crippen molar-refractivity contribution in [2.45, 2.75) is 39.3 Å². The van der Waals surface area contributed by atoms with E-state index < -0.39 is 0 Å². The second-order valence-electron chi connectivity index (χ2n) is 5.47. The standard InChI is InChI=1S/C16H24N2O2/c1-12-10-14(4-5-16(12)20-3)11-17-15-6-8-18(9-7-15)13(2)19/h4-5,10,15,17H,6-9,11H2,1-3H3. The minimum atomic E-state index is 0.189. The first-order valence-corrected chi connectivity index (χ1v) is 7.22. The van der Waals surface area contributed by atoms with Crippen LogP contribution in [-0.2, 0) is 11.3 Å². The summed E-state index contributed by atoms with van der Waals surface area (Å²) in [5, 5.41) is 3.58. The number of piperidine rings is 1. The Morgan fingerprint density at radius 1 is 1.40 bits per heavy atom. The monoisotopic (exact) mass is 276 g/mol. The number of nitrogens with zero attached hydrogens (tertiary/aromatic N) is 1. The van der Waals surface area contributed by atoms with Gasteiger partial charge in [0, 0.05) is 32.6 Å². The number of carbonyl (C=O) groups is 1. The molecule has 2 rings (SSSR count). The molecule has 1 fully saturated rings. The van der Waals surface area contributed by atoms with E-state index in [1.807, 2.05) is 11.0 Å². The zero-order valence-corrected chi connectivity index (χ0v) is 12.6. The fraction of sp³-hybridized carbons (Fsp3) is 0.562. The highest BCUT2D eigenvalue weighted by atomic mass is 16.5. The zero-order chi connectivity index (χ0) is 14.5. The summed E-state index contributed by atoms with van der Waals surface area (Å²) in [5.41, 5.74) is 2.44. The van der Waals surface area contributed by atoms with Crippen molar-refractivity contribution in [1.29, 1.82) is 0 Å². The summed E-state index contributed by atoms with van der Waals surface area (Å²) < 4.78 is 5.27. The van der Waals surface area contributed by atoms with Gasteiger partial charge in [-0.1, -0.05) is 12.1 Å². The number of methoxy groups -OCH3 is 1. The van der Waals surface area contributed by atoms with E-state index in [0.717, 1.165) is 43.8 Å². The Labute approximate surface area is 121 Å². The number of benzene rings is 1. The molecular formula is C16H24N2O2. The summed E-state index contributed by atoms with van der Waals surface area (Å²) in [7, 11) is 1.70. The van der Waals surface area contributed by atoms with Crippen LogP contribution in [0.15, 0.2) is 18.2 Å². The first kappa shape index (κ1) is 14.9. The largest absolute Gasteiger partial charge is 0.496 e. The molecule has 0 atom stereocenters. The number of hydrogen-bond acceptors (Lipinski definition) is 3. The van der Waals surface area contributed by atoms with Gasteiger partial charge in [0.15, 0.2) is 0 Å². The lowest BCUT2D eigenvalue weighted by atomic mass is 10.0. The number of hydrogen-bond donors (Lipinski definition) is 1. The van der Waals surface area contributed by atoms with E-state index in [2.05, 4.69) is 24.4 Å². The second kappa shape index (κ2) is 6.75. The van der Waals surface area contributed by atoms with Gasteiger partial charge in [0.25, 0.3) is 0 Å². The Balaban J connectivity index is 1.81. The fourth-order valence-corrected chi connectivity index (χ4v) is 2.71. The third-order valence-electron chi connectivity index (χ3n) is 3.99. The van der Waals surface area contributed by atoms with Crippen molar-refractivity contribution < 1.29 is 9.53 Å². The Bertz CT molecular complexity index is 466. The maximum atomic E-state index is 11.3. The van der Waals surface area contributed by atoms with Gasteiger partial charge in [-0.3, -0.25) is 4.79 Å². The first-order valence-electron chi connectivity index (χ1n) is 7.22. The van der Waals surface area contributed by atoms with E-state index in [-0.39, 0.29) is 5.91 Å². The van der Waals surface area contributed by atoms with Crippen LogP contribution in [0.1, 0.15) is 30.9 Å². The molecule has 0 aromatic heterocycles. The van der Waals surface area contributed by atoms with Crippen molar-refractivity contribution in [2.24, 2.45) is 0 Å². The number of rotatable bonds is 4. The Kier molecular flexibility index (Phi) is 5.01. The maximum Gasteiger partial charge on any atom is 0.219 e. The SMILES string of the molecule is COc1ccc(CNC2CCN(C(C)=O)CC2)cc1C. The zero-order valence-electron chi connectivity index (χ0n) is 12.6. The van der Waals surface area contributed by atoms with Gasteiger partial charge in [-0.25, -0.2) is 0 Å². The highest BCUT2D eigenvalue weighted by Crippen LogP contribution is 2.19. The van der Waals surface area contributed by atoms with E-state index in [4.69, 9.17) is 4.74 Å². The molecule has 1 aromatic carbocycles. The van der Waals surface area contributed by atoms with Gasteiger partial charge >= 0.3 is 0 Å². The lowest BCUT2D eigenvalue weighted by Gasteiger charge is -2.31. The van der Waals surface area contributed by atoms with Crippen LogP contribution in [0.2, 0.25) is 0 Å². The van der Waals surface area contributed by atoms with Gasteiger partial charge in [0.2, 0.25) is 5.91 Å². The lowest BCUT2D eigenvalue weighted by Crippen LogP contribution is -2.43. The number of aryl methyl sites for hydroxylation is 1. The lowest BCUT2D eigenvalue weighted by molar-refractivity contribution is -0.129. The number of amides is 1. The van der Waals surface area contributed by atoms with Crippen LogP contribution in [-0.4, -0.2) is 37.0 Å². The van der Waals surface area contributed by atoms with Gasteiger partial charge in [0.1, 0.15) is 5.75 Å². The molecule has 1 heterocycles. The maximum absolute atomic E-state index is 11.3. The van der Waals surface area contributed by atoms with E-state index >= 15 is 0 Å². The molecule has 4 nitrogen and oxygen atoms in total. The second-order valence-corrected chi connectivity index (χ2v) is 5.47. The van der Waals surface area contributed by atoms with Crippen molar-refractivity contribution in [3.05, 3.63) is 29.3 Å². The molecule has 110 valence electrons. The van der Waals surface area contributed by atoms with Crippen LogP contribution in [0, 0.1) is 6.92 Å². The third-order valence-corrected chi connectivity index (χ3v) is 3.99. The van der Waals surface area contributed by atoms with Crippen molar-refractivity contribution in [3.63, 3.8) is 0 Å². The van der Waals surface area contributed by atoms with Gasteiger partial charge in [-0.15, -0.1) is 0 Å². The number of likely N-dealkylation sites (tertiary alicyclic amines) is 1. The molecule has 0 saturated carbocycles. The molecule has 1 aromatic rings. The quantitative estimate of drug-likeness (QED) is 0.915. The molecule has 0 spiro atoms. The van der Waals surface area contributed by atoms with Crippen LogP contribution in [0.5, 0.6) is 5.75 Å². The van der Waals surface area contributed by atoms with Gasteiger partial charge < -0.3 is 15.0 Å². The molecule has 4 heteroatoms. The summed E-state index contributed by atoms with van der Waals surface area (Å²) in [5.74, 6) is 1.12. The average Bonchev–Trinajstić information content (AvgIpc) is 2.45. The summed E-state index contributed by atoms with van der Waals surface area (Å²) >= 11 is 0. The molecule has 0 aliphatic carbocycles. The normalized spacial score (nSPS) is 16.2. The molecule has 1 aliphatic heterocycles. The number of carbonyl (C=O) groups excluding carboxylic acids is 1. The molecule has 0 radical (unpaired) electrons. The molecule has 1 N–H and O–H groups in total. The van der Waals surface area contributed by atoms with Crippen molar-refractivity contribution in [3.8, 4) is 5.75 Å². The predicted molar refractivity (Wildman–Crippen MR) is 79.8 cm³/mol. The first-order chi connectivity index (χ1) is 9.60. The highest BCUT2D eigenvalue weighted by Gasteiger charge is 2.19. The van der Waals surface area contributed by atoms with Crippen molar-refractivity contribution in [2.75, 3.05) is 20.2 Å². The minimum Gasteiger partial charge on any atom is -0.496 e. The number of nitrogens with one attached hydrogen (secondary N) is 1. The van der Waals surface area contributed by atoms with Crippen LogP contribution in [0.4, 0.5) is 0 Å². The van der Waals surface area contributed by atoms with Gasteiger partial charge in [0.05, 0.1) is 7.11 Å². The fourth-order valence-electron chi connectivity index (χ4n) is 2.71. The number of ether oxygens (including phenoxy) is 1. The van der Waals surface area contributed by atoms with Gasteiger partial charge in [-0.2, -0.15) is 0 Å². The molecule has 20 heavy (non-hydrogen) atoms. The Hall–Kier alpha value is -1.55. The van der Waals surface area contributed by atoms with Crippen molar-refractivity contribution >= 4 is 5.91 Å². The molecule has 0 unspecified atom stereocenters. The smallest absolute Gasteiger partial charge is 0.219 e. The summed E-state index contributed by atoms with van der Waals surface area (Å²) in [4.78, 5) is 13.2. The van der Waals surface area contributed by atoms with E-state index in [9.17, 15) is 4.79 Å².